The first kappa shape index (κ1) is 17.9. The summed E-state index contributed by atoms with van der Waals surface area (Å²) in [5.41, 5.74) is 6.71. The molecule has 0 unspecified atom stereocenters. The molecule has 0 aliphatic carbocycles. The van der Waals surface area contributed by atoms with Gasteiger partial charge in [-0.15, -0.1) is 0 Å². The predicted molar refractivity (Wildman–Crippen MR) is 111 cm³/mol. The van der Waals surface area contributed by atoms with Crippen LogP contribution in [0.3, 0.4) is 0 Å². The van der Waals surface area contributed by atoms with Gasteiger partial charge in [-0.25, -0.2) is 4.68 Å². The van der Waals surface area contributed by atoms with E-state index in [0.29, 0.717) is 5.02 Å². The molecule has 0 fully saturated rings. The summed E-state index contributed by atoms with van der Waals surface area (Å²) in [4.78, 5) is 0. The van der Waals surface area contributed by atoms with Crippen molar-refractivity contribution >= 4 is 17.4 Å². The van der Waals surface area contributed by atoms with Crippen molar-refractivity contribution in [3.8, 4) is 22.7 Å². The van der Waals surface area contributed by atoms with Crippen molar-refractivity contribution in [2.75, 3.05) is 19.0 Å². The first-order valence-electron chi connectivity index (χ1n) is 9.36. The summed E-state index contributed by atoms with van der Waals surface area (Å²) < 4.78 is 7.66. The summed E-state index contributed by atoms with van der Waals surface area (Å²) in [7, 11) is 1.69. The van der Waals surface area contributed by atoms with Crippen LogP contribution in [-0.4, -0.2) is 23.4 Å². The number of aryl methyl sites for hydroxylation is 1. The standard InChI is InChI=1S/C22H24ClN3O/c1-14-7-6-9-19(15(14)2)26-22-17(8-4-5-12-24-22)21(25-26)18-13-16(23)10-11-20(18)27-3/h6-7,9-11,13,24H,4-5,8,12H2,1-3H3. The molecule has 140 valence electrons. The Morgan fingerprint density at radius 2 is 2.00 bits per heavy atom. The highest BCUT2D eigenvalue weighted by Crippen LogP contribution is 2.39. The van der Waals surface area contributed by atoms with E-state index in [1.807, 2.05) is 18.2 Å². The maximum absolute atomic E-state index is 6.30. The molecule has 0 amide bonds. The fraction of sp³-hybridized carbons (Fsp3) is 0.318. The van der Waals surface area contributed by atoms with Crippen LogP contribution >= 0.6 is 11.6 Å². The Kier molecular flexibility index (Phi) is 4.83. The number of rotatable bonds is 3. The molecule has 1 aromatic heterocycles. The first-order chi connectivity index (χ1) is 13.1. The topological polar surface area (TPSA) is 39.1 Å². The fourth-order valence-corrected chi connectivity index (χ4v) is 3.90. The molecule has 4 rings (SSSR count). The quantitative estimate of drug-likeness (QED) is 0.644. The summed E-state index contributed by atoms with van der Waals surface area (Å²) in [6.07, 6.45) is 3.26. The lowest BCUT2D eigenvalue weighted by atomic mass is 10.0. The van der Waals surface area contributed by atoms with Crippen molar-refractivity contribution in [1.82, 2.24) is 9.78 Å². The zero-order valence-electron chi connectivity index (χ0n) is 16.0. The Labute approximate surface area is 165 Å². The third-order valence-electron chi connectivity index (χ3n) is 5.35. The zero-order valence-corrected chi connectivity index (χ0v) is 16.7. The maximum atomic E-state index is 6.30. The molecule has 0 atom stereocenters. The van der Waals surface area contributed by atoms with Crippen molar-refractivity contribution in [2.24, 2.45) is 0 Å². The molecule has 5 heteroatoms. The Morgan fingerprint density at radius 3 is 2.81 bits per heavy atom. The number of methoxy groups -OCH3 is 1. The van der Waals surface area contributed by atoms with E-state index in [2.05, 4.69) is 42.0 Å². The van der Waals surface area contributed by atoms with Gasteiger partial charge in [0.1, 0.15) is 17.3 Å². The smallest absolute Gasteiger partial charge is 0.133 e. The van der Waals surface area contributed by atoms with Crippen LogP contribution in [0.1, 0.15) is 29.5 Å². The van der Waals surface area contributed by atoms with E-state index >= 15 is 0 Å². The summed E-state index contributed by atoms with van der Waals surface area (Å²) in [6, 6.07) is 12.0. The van der Waals surface area contributed by atoms with Crippen LogP contribution in [0.2, 0.25) is 5.02 Å². The summed E-state index contributed by atoms with van der Waals surface area (Å²) in [5.74, 6) is 1.87. The van der Waals surface area contributed by atoms with Gasteiger partial charge in [0.15, 0.2) is 0 Å². The average molecular weight is 382 g/mol. The second-order valence-electron chi connectivity index (χ2n) is 7.04. The van der Waals surface area contributed by atoms with E-state index < -0.39 is 0 Å². The van der Waals surface area contributed by atoms with Gasteiger partial charge in [-0.3, -0.25) is 0 Å². The van der Waals surface area contributed by atoms with Gasteiger partial charge < -0.3 is 10.1 Å². The largest absolute Gasteiger partial charge is 0.496 e. The Morgan fingerprint density at radius 1 is 1.15 bits per heavy atom. The SMILES string of the molecule is COc1ccc(Cl)cc1-c1nn(-c2cccc(C)c2C)c2c1CCCCN2. The minimum atomic E-state index is 0.683. The molecule has 3 aromatic rings. The van der Waals surface area contributed by atoms with Crippen LogP contribution in [0.4, 0.5) is 5.82 Å². The molecule has 1 aliphatic heterocycles. The van der Waals surface area contributed by atoms with E-state index in [4.69, 9.17) is 21.4 Å². The average Bonchev–Trinajstić information content (AvgIpc) is 2.85. The molecule has 2 aromatic carbocycles. The van der Waals surface area contributed by atoms with Crippen molar-refractivity contribution < 1.29 is 4.74 Å². The summed E-state index contributed by atoms with van der Waals surface area (Å²) >= 11 is 6.30. The van der Waals surface area contributed by atoms with Crippen molar-refractivity contribution in [3.63, 3.8) is 0 Å². The maximum Gasteiger partial charge on any atom is 0.133 e. The van der Waals surface area contributed by atoms with Crippen molar-refractivity contribution in [2.45, 2.75) is 33.1 Å². The number of hydrogen-bond donors (Lipinski definition) is 1. The predicted octanol–water partition coefficient (Wildman–Crippen LogP) is 5.57. The molecular formula is C22H24ClN3O. The number of hydrogen-bond acceptors (Lipinski definition) is 3. The summed E-state index contributed by atoms with van der Waals surface area (Å²) in [6.45, 7) is 5.24. The van der Waals surface area contributed by atoms with Gasteiger partial charge in [0.05, 0.1) is 12.8 Å². The Bertz CT molecular complexity index is 993. The van der Waals surface area contributed by atoms with Crippen LogP contribution in [0.25, 0.3) is 16.9 Å². The highest BCUT2D eigenvalue weighted by molar-refractivity contribution is 6.31. The lowest BCUT2D eigenvalue weighted by Gasteiger charge is -2.13. The second kappa shape index (κ2) is 7.28. The van der Waals surface area contributed by atoms with Crippen LogP contribution in [0.5, 0.6) is 5.75 Å². The van der Waals surface area contributed by atoms with Crippen LogP contribution in [0, 0.1) is 13.8 Å². The lowest BCUT2D eigenvalue weighted by molar-refractivity contribution is 0.416. The molecule has 0 radical (unpaired) electrons. The number of aromatic nitrogens is 2. The highest BCUT2D eigenvalue weighted by atomic mass is 35.5. The Balaban J connectivity index is 1.98. The molecule has 0 bridgehead atoms. The van der Waals surface area contributed by atoms with Gasteiger partial charge in [0.2, 0.25) is 0 Å². The van der Waals surface area contributed by atoms with E-state index in [1.165, 1.54) is 16.7 Å². The van der Waals surface area contributed by atoms with Crippen LogP contribution in [0.15, 0.2) is 36.4 Å². The van der Waals surface area contributed by atoms with Crippen LogP contribution < -0.4 is 10.1 Å². The molecule has 2 heterocycles. The van der Waals surface area contributed by atoms with Crippen LogP contribution in [-0.2, 0) is 6.42 Å². The van der Waals surface area contributed by atoms with E-state index in [9.17, 15) is 0 Å². The van der Waals surface area contributed by atoms with Gasteiger partial charge in [0.25, 0.3) is 0 Å². The molecule has 4 nitrogen and oxygen atoms in total. The van der Waals surface area contributed by atoms with E-state index in [-0.39, 0.29) is 0 Å². The lowest BCUT2D eigenvalue weighted by Crippen LogP contribution is -2.08. The number of fused-ring (bicyclic) bond motifs is 1. The van der Waals surface area contributed by atoms with Gasteiger partial charge >= 0.3 is 0 Å². The normalized spacial score (nSPS) is 13.6. The monoisotopic (exact) mass is 381 g/mol. The van der Waals surface area contributed by atoms with E-state index in [0.717, 1.165) is 54.3 Å². The molecule has 1 aliphatic rings. The first-order valence-corrected chi connectivity index (χ1v) is 9.74. The Hall–Kier alpha value is -2.46. The number of anilines is 1. The van der Waals surface area contributed by atoms with Crippen molar-refractivity contribution in [3.05, 3.63) is 58.1 Å². The van der Waals surface area contributed by atoms with Gasteiger partial charge in [-0.05, 0) is 68.5 Å². The number of ether oxygens (including phenoxy) is 1. The number of nitrogens with zero attached hydrogens (tertiary/aromatic N) is 2. The molecular weight excluding hydrogens is 358 g/mol. The number of halogens is 1. The molecule has 1 N–H and O–H groups in total. The van der Waals surface area contributed by atoms with Gasteiger partial charge in [-0.2, -0.15) is 5.10 Å². The molecule has 27 heavy (non-hydrogen) atoms. The fourth-order valence-electron chi connectivity index (χ4n) is 3.72. The number of benzene rings is 2. The minimum absolute atomic E-state index is 0.683. The second-order valence-corrected chi connectivity index (χ2v) is 7.47. The molecule has 0 spiro atoms. The summed E-state index contributed by atoms with van der Waals surface area (Å²) in [5, 5.41) is 9.33. The van der Waals surface area contributed by atoms with E-state index in [1.54, 1.807) is 7.11 Å². The number of nitrogens with one attached hydrogen (secondary N) is 1. The zero-order chi connectivity index (χ0) is 19.0. The molecule has 0 saturated carbocycles. The third-order valence-corrected chi connectivity index (χ3v) is 5.59. The van der Waals surface area contributed by atoms with Crippen molar-refractivity contribution in [1.29, 1.82) is 0 Å². The van der Waals surface area contributed by atoms with Gasteiger partial charge in [-0.1, -0.05) is 23.7 Å². The third kappa shape index (κ3) is 3.19. The molecule has 0 saturated heterocycles. The highest BCUT2D eigenvalue weighted by Gasteiger charge is 2.24. The van der Waals surface area contributed by atoms with Gasteiger partial charge in [0, 0.05) is 22.7 Å². The minimum Gasteiger partial charge on any atom is -0.496 e.